The Labute approximate surface area is 149 Å². The first-order chi connectivity index (χ1) is 11.9. The molecule has 0 atom stereocenters. The Hall–Kier alpha value is -2.93. The molecule has 2 aromatic carbocycles. The smallest absolute Gasteiger partial charge is 0.277 e. The van der Waals surface area contributed by atoms with E-state index in [9.17, 15) is 14.9 Å². The van der Waals surface area contributed by atoms with Gasteiger partial charge in [0, 0.05) is 22.7 Å². The highest BCUT2D eigenvalue weighted by Gasteiger charge is 2.08. The summed E-state index contributed by atoms with van der Waals surface area (Å²) in [5.74, 6) is 0.109. The number of non-ortho nitro benzene ring substituents is 1. The monoisotopic (exact) mass is 361 g/mol. The highest BCUT2D eigenvalue weighted by Crippen LogP contribution is 2.21. The van der Waals surface area contributed by atoms with Crippen LogP contribution in [0.4, 0.5) is 5.69 Å². The summed E-state index contributed by atoms with van der Waals surface area (Å²) in [6.45, 7) is 3.25. The summed E-state index contributed by atoms with van der Waals surface area (Å²) in [5.41, 5.74) is 4.12. The molecule has 0 spiro atoms. The number of carbonyl (C=O) groups is 1. The first-order valence-corrected chi connectivity index (χ1v) is 7.71. The lowest BCUT2D eigenvalue weighted by atomic mass is 10.1. The number of nitrogens with zero attached hydrogens (tertiary/aromatic N) is 2. The molecule has 0 aliphatic rings. The van der Waals surface area contributed by atoms with Gasteiger partial charge < -0.3 is 4.74 Å². The predicted octanol–water partition coefficient (Wildman–Crippen LogP) is 3.48. The van der Waals surface area contributed by atoms with Crippen LogP contribution in [0.15, 0.2) is 47.6 Å². The van der Waals surface area contributed by atoms with Crippen LogP contribution in [-0.2, 0) is 4.79 Å². The molecule has 0 aromatic heterocycles. The lowest BCUT2D eigenvalue weighted by Gasteiger charge is -2.08. The molecule has 0 heterocycles. The lowest BCUT2D eigenvalue weighted by Crippen LogP contribution is -2.25. The number of aryl methyl sites for hydroxylation is 1. The number of halogens is 1. The molecule has 0 bridgehead atoms. The van der Waals surface area contributed by atoms with E-state index in [0.29, 0.717) is 22.0 Å². The van der Waals surface area contributed by atoms with Gasteiger partial charge in [-0.25, -0.2) is 5.43 Å². The summed E-state index contributed by atoms with van der Waals surface area (Å²) in [6, 6.07) is 11.1. The van der Waals surface area contributed by atoms with Gasteiger partial charge >= 0.3 is 0 Å². The normalized spacial score (nSPS) is 11.1. The molecule has 0 fully saturated rings. The van der Waals surface area contributed by atoms with E-state index in [1.165, 1.54) is 12.1 Å². The van der Waals surface area contributed by atoms with Crippen LogP contribution in [0.3, 0.4) is 0 Å². The molecule has 2 aromatic rings. The number of nitro groups is 1. The van der Waals surface area contributed by atoms with Crippen molar-refractivity contribution in [3.05, 3.63) is 68.7 Å². The topological polar surface area (TPSA) is 93.8 Å². The molecule has 0 aliphatic heterocycles. The van der Waals surface area contributed by atoms with Crippen molar-refractivity contribution < 1.29 is 14.5 Å². The third-order valence-corrected chi connectivity index (χ3v) is 3.55. The van der Waals surface area contributed by atoms with Gasteiger partial charge in [0.25, 0.3) is 11.6 Å². The maximum atomic E-state index is 11.8. The molecule has 8 heteroatoms. The summed E-state index contributed by atoms with van der Waals surface area (Å²) in [4.78, 5) is 22.1. The molecule has 2 rings (SSSR count). The molecule has 0 unspecified atom stereocenters. The number of hydrazone groups is 1. The number of hydrogen-bond acceptors (Lipinski definition) is 5. The number of ether oxygens (including phenoxy) is 1. The Morgan fingerprint density at radius 2 is 2.08 bits per heavy atom. The summed E-state index contributed by atoms with van der Waals surface area (Å²) in [5, 5.41) is 15.3. The second-order valence-corrected chi connectivity index (χ2v) is 5.67. The minimum atomic E-state index is -0.488. The van der Waals surface area contributed by atoms with Crippen molar-refractivity contribution in [1.29, 1.82) is 0 Å². The summed E-state index contributed by atoms with van der Waals surface area (Å²) in [7, 11) is 0. The van der Waals surface area contributed by atoms with Gasteiger partial charge in [0.1, 0.15) is 5.75 Å². The molecule has 1 amide bonds. The molecule has 0 radical (unpaired) electrons. The minimum absolute atomic E-state index is 0.0417. The second-order valence-electron chi connectivity index (χ2n) is 5.24. The fourth-order valence-corrected chi connectivity index (χ4v) is 2.23. The van der Waals surface area contributed by atoms with Gasteiger partial charge in [-0.3, -0.25) is 14.9 Å². The van der Waals surface area contributed by atoms with E-state index in [0.717, 1.165) is 5.56 Å². The molecular weight excluding hydrogens is 346 g/mol. The summed E-state index contributed by atoms with van der Waals surface area (Å²) < 4.78 is 5.41. The average molecular weight is 362 g/mol. The number of carbonyl (C=O) groups excluding carboxylic acids is 1. The molecule has 7 nitrogen and oxygen atoms in total. The van der Waals surface area contributed by atoms with Gasteiger partial charge in [-0.2, -0.15) is 5.10 Å². The first kappa shape index (κ1) is 18.4. The van der Waals surface area contributed by atoms with Crippen molar-refractivity contribution in [3.63, 3.8) is 0 Å². The van der Waals surface area contributed by atoms with E-state index >= 15 is 0 Å². The molecule has 130 valence electrons. The Kier molecular flexibility index (Phi) is 6.08. The van der Waals surface area contributed by atoms with E-state index in [1.54, 1.807) is 37.3 Å². The van der Waals surface area contributed by atoms with E-state index in [-0.39, 0.29) is 12.3 Å². The van der Waals surface area contributed by atoms with Crippen LogP contribution in [0.25, 0.3) is 0 Å². The van der Waals surface area contributed by atoms with E-state index in [4.69, 9.17) is 16.3 Å². The quantitative estimate of drug-likeness (QED) is 0.484. The number of rotatable bonds is 6. The van der Waals surface area contributed by atoms with E-state index < -0.39 is 10.8 Å². The van der Waals surface area contributed by atoms with Crippen LogP contribution in [-0.4, -0.2) is 23.1 Å². The van der Waals surface area contributed by atoms with Crippen LogP contribution < -0.4 is 10.2 Å². The second kappa shape index (κ2) is 8.25. The van der Waals surface area contributed by atoms with Crippen LogP contribution in [0.1, 0.15) is 18.1 Å². The molecule has 0 saturated carbocycles. The van der Waals surface area contributed by atoms with Gasteiger partial charge in [0.2, 0.25) is 0 Å². The maximum Gasteiger partial charge on any atom is 0.277 e. The van der Waals surface area contributed by atoms with Crippen LogP contribution in [0.5, 0.6) is 5.75 Å². The molecule has 1 N–H and O–H groups in total. The minimum Gasteiger partial charge on any atom is -0.483 e. The van der Waals surface area contributed by atoms with Crippen molar-refractivity contribution >= 4 is 28.9 Å². The number of amides is 1. The lowest BCUT2D eigenvalue weighted by molar-refractivity contribution is -0.384. The van der Waals surface area contributed by atoms with Crippen molar-refractivity contribution in [1.82, 2.24) is 5.43 Å². The van der Waals surface area contributed by atoms with Gasteiger partial charge in [-0.15, -0.1) is 0 Å². The SMILES string of the molecule is C/C(=N\NC(=O)COc1ccc(Cl)cc1C)c1cccc([N+](=O)[O-])c1. The van der Waals surface area contributed by atoms with Gasteiger partial charge in [0.15, 0.2) is 6.61 Å². The van der Waals surface area contributed by atoms with Crippen molar-refractivity contribution in [2.75, 3.05) is 6.61 Å². The Morgan fingerprint density at radius 1 is 1.32 bits per heavy atom. The van der Waals surface area contributed by atoms with Crippen molar-refractivity contribution in [2.45, 2.75) is 13.8 Å². The third-order valence-electron chi connectivity index (χ3n) is 3.32. The fourth-order valence-electron chi connectivity index (χ4n) is 2.01. The predicted molar refractivity (Wildman–Crippen MR) is 95.1 cm³/mol. The number of nitrogens with one attached hydrogen (secondary N) is 1. The largest absolute Gasteiger partial charge is 0.483 e. The van der Waals surface area contributed by atoms with Crippen LogP contribution in [0, 0.1) is 17.0 Å². The molecule has 25 heavy (non-hydrogen) atoms. The Morgan fingerprint density at radius 3 is 2.76 bits per heavy atom. The number of nitro benzene ring substituents is 1. The van der Waals surface area contributed by atoms with Crippen molar-refractivity contribution in [3.8, 4) is 5.75 Å². The first-order valence-electron chi connectivity index (χ1n) is 7.33. The van der Waals surface area contributed by atoms with Gasteiger partial charge in [0.05, 0.1) is 10.6 Å². The zero-order valence-corrected chi connectivity index (χ0v) is 14.4. The summed E-state index contributed by atoms with van der Waals surface area (Å²) >= 11 is 5.86. The average Bonchev–Trinajstić information content (AvgIpc) is 2.59. The maximum absolute atomic E-state index is 11.8. The van der Waals surface area contributed by atoms with Crippen LogP contribution >= 0.6 is 11.6 Å². The van der Waals surface area contributed by atoms with E-state index in [1.807, 2.05) is 6.92 Å². The summed E-state index contributed by atoms with van der Waals surface area (Å²) in [6.07, 6.45) is 0. The van der Waals surface area contributed by atoms with Gasteiger partial charge in [-0.05, 0) is 37.6 Å². The van der Waals surface area contributed by atoms with E-state index in [2.05, 4.69) is 10.5 Å². The highest BCUT2D eigenvalue weighted by atomic mass is 35.5. The molecule has 0 saturated heterocycles. The van der Waals surface area contributed by atoms with Crippen molar-refractivity contribution in [2.24, 2.45) is 5.10 Å². The fraction of sp³-hybridized carbons (Fsp3) is 0.176. The molecule has 0 aliphatic carbocycles. The van der Waals surface area contributed by atoms with Crippen LogP contribution in [0.2, 0.25) is 5.02 Å². The highest BCUT2D eigenvalue weighted by molar-refractivity contribution is 6.30. The molecular formula is C17H16ClN3O4. The zero-order chi connectivity index (χ0) is 18.4. The van der Waals surface area contributed by atoms with Gasteiger partial charge in [-0.1, -0.05) is 23.7 Å². The zero-order valence-electron chi connectivity index (χ0n) is 13.7. The Bertz CT molecular complexity index is 836. The number of hydrogen-bond donors (Lipinski definition) is 1. The third kappa shape index (κ3) is 5.29. The standard InChI is InChI=1S/C17H16ClN3O4/c1-11-8-14(18)6-7-16(11)25-10-17(22)20-19-12(2)13-4-3-5-15(9-13)21(23)24/h3-9H,10H2,1-2H3,(H,20,22)/b19-12+. The Balaban J connectivity index is 1.95. The number of benzene rings is 2.